The highest BCUT2D eigenvalue weighted by Crippen LogP contribution is 2.37. The molecule has 0 aliphatic heterocycles. The molecule has 1 heterocycles. The van der Waals surface area contributed by atoms with Crippen molar-refractivity contribution in [3.8, 4) is 17.0 Å². The zero-order valence-corrected chi connectivity index (χ0v) is 21.5. The van der Waals surface area contributed by atoms with Crippen LogP contribution in [0.4, 0.5) is 0 Å². The standard InChI is InChI=1S/C26H27IN2OSi/c1-26(2,3)31(22-11-7-5-8-12-22,23-13-9-6-10-14-23)30-21-17-15-20(16-18-21)24-19-29(4)25(27)28-24/h5-19H,1-4H3. The second kappa shape index (κ2) is 8.63. The molecule has 3 aromatic carbocycles. The van der Waals surface area contributed by atoms with Crippen molar-refractivity contribution in [3.63, 3.8) is 0 Å². The Hall–Kier alpha value is -2.38. The van der Waals surface area contributed by atoms with Gasteiger partial charge >= 0.3 is 8.32 Å². The van der Waals surface area contributed by atoms with Crippen LogP contribution in [0.1, 0.15) is 20.8 Å². The van der Waals surface area contributed by atoms with Crippen LogP contribution in [0.3, 0.4) is 0 Å². The lowest BCUT2D eigenvalue weighted by Gasteiger charge is -2.43. The highest BCUT2D eigenvalue weighted by molar-refractivity contribution is 14.1. The van der Waals surface area contributed by atoms with Crippen LogP contribution in [0.2, 0.25) is 5.04 Å². The largest absolute Gasteiger partial charge is 0.534 e. The van der Waals surface area contributed by atoms with E-state index in [1.807, 2.05) is 11.6 Å². The molecular formula is C26H27IN2OSi. The number of rotatable bonds is 5. The summed E-state index contributed by atoms with van der Waals surface area (Å²) in [5.74, 6) is 0.892. The summed E-state index contributed by atoms with van der Waals surface area (Å²) in [4.78, 5) is 4.64. The summed E-state index contributed by atoms with van der Waals surface area (Å²) < 4.78 is 10.1. The summed E-state index contributed by atoms with van der Waals surface area (Å²) in [5, 5.41) is 2.49. The number of nitrogens with zero attached hydrogens (tertiary/aromatic N) is 2. The van der Waals surface area contributed by atoms with Crippen LogP contribution in [0.5, 0.6) is 5.75 Å². The SMILES string of the molecule is Cn1cc(-c2ccc(O[Si](c3ccccc3)(c3ccccc3)C(C)(C)C)cc2)nc1I. The van der Waals surface area contributed by atoms with E-state index in [4.69, 9.17) is 4.43 Å². The molecule has 158 valence electrons. The summed E-state index contributed by atoms with van der Waals surface area (Å²) in [7, 11) is -0.600. The molecule has 0 atom stereocenters. The van der Waals surface area contributed by atoms with Gasteiger partial charge in [-0.15, -0.1) is 0 Å². The van der Waals surface area contributed by atoms with Crippen LogP contribution in [-0.2, 0) is 7.05 Å². The molecule has 0 N–H and O–H groups in total. The Bertz CT molecular complexity index is 1090. The van der Waals surface area contributed by atoms with Gasteiger partial charge in [-0.2, -0.15) is 0 Å². The van der Waals surface area contributed by atoms with E-state index in [2.05, 4.69) is 139 Å². The van der Waals surface area contributed by atoms with Crippen molar-refractivity contribution in [2.45, 2.75) is 25.8 Å². The molecule has 0 aliphatic rings. The minimum absolute atomic E-state index is 0.0640. The molecule has 0 aliphatic carbocycles. The molecule has 0 saturated heterocycles. The van der Waals surface area contributed by atoms with E-state index in [-0.39, 0.29) is 5.04 Å². The summed E-state index contributed by atoms with van der Waals surface area (Å²) >= 11 is 2.25. The van der Waals surface area contributed by atoms with Crippen molar-refractivity contribution in [2.75, 3.05) is 0 Å². The lowest BCUT2D eigenvalue weighted by Crippen LogP contribution is -2.68. The summed E-state index contributed by atoms with van der Waals surface area (Å²) in [6.07, 6.45) is 2.06. The van der Waals surface area contributed by atoms with Crippen LogP contribution < -0.4 is 14.8 Å². The zero-order valence-electron chi connectivity index (χ0n) is 18.3. The quantitative estimate of drug-likeness (QED) is 0.243. The topological polar surface area (TPSA) is 27.1 Å². The fourth-order valence-corrected chi connectivity index (χ4v) is 8.92. The van der Waals surface area contributed by atoms with Crippen molar-refractivity contribution in [2.24, 2.45) is 7.05 Å². The first-order valence-corrected chi connectivity index (χ1v) is 13.4. The molecule has 0 saturated carbocycles. The van der Waals surface area contributed by atoms with Crippen LogP contribution in [-0.4, -0.2) is 17.9 Å². The van der Waals surface area contributed by atoms with Gasteiger partial charge in [-0.25, -0.2) is 4.98 Å². The van der Waals surface area contributed by atoms with E-state index in [1.165, 1.54) is 10.4 Å². The number of imidazole rings is 1. The van der Waals surface area contributed by atoms with E-state index in [9.17, 15) is 0 Å². The van der Waals surface area contributed by atoms with Crippen LogP contribution in [0, 0.1) is 3.83 Å². The molecule has 0 unspecified atom stereocenters. The molecule has 1 aromatic heterocycles. The Morgan fingerprint density at radius 2 is 1.32 bits per heavy atom. The van der Waals surface area contributed by atoms with Gasteiger partial charge in [0.05, 0.1) is 5.69 Å². The van der Waals surface area contributed by atoms with Crippen LogP contribution in [0.15, 0.2) is 91.1 Å². The Morgan fingerprint density at radius 1 is 0.806 bits per heavy atom. The van der Waals surface area contributed by atoms with E-state index in [0.717, 1.165) is 20.8 Å². The summed E-state index contributed by atoms with van der Waals surface area (Å²) in [6, 6.07) is 29.8. The van der Waals surface area contributed by atoms with Crippen LogP contribution >= 0.6 is 22.6 Å². The number of benzene rings is 3. The monoisotopic (exact) mass is 538 g/mol. The van der Waals surface area contributed by atoms with Gasteiger partial charge in [-0.05, 0) is 62.3 Å². The minimum Gasteiger partial charge on any atom is -0.534 e. The smallest absolute Gasteiger partial charge is 0.319 e. The summed E-state index contributed by atoms with van der Waals surface area (Å²) in [5.41, 5.74) is 2.07. The molecule has 5 heteroatoms. The lowest BCUT2D eigenvalue weighted by molar-refractivity contribution is 0.508. The molecule has 0 amide bonds. The average Bonchev–Trinajstić information content (AvgIpc) is 3.11. The van der Waals surface area contributed by atoms with Gasteiger partial charge in [0, 0.05) is 18.8 Å². The maximum atomic E-state index is 7.07. The lowest BCUT2D eigenvalue weighted by atomic mass is 10.2. The van der Waals surface area contributed by atoms with Crippen molar-refractivity contribution in [1.29, 1.82) is 0 Å². The Labute approximate surface area is 199 Å². The molecule has 0 fully saturated rings. The molecule has 0 radical (unpaired) electrons. The van der Waals surface area contributed by atoms with E-state index >= 15 is 0 Å². The third-order valence-corrected chi connectivity index (χ3v) is 11.6. The van der Waals surface area contributed by atoms with E-state index in [0.29, 0.717) is 0 Å². The van der Waals surface area contributed by atoms with Gasteiger partial charge in [-0.1, -0.05) is 81.4 Å². The number of hydrogen-bond acceptors (Lipinski definition) is 2. The van der Waals surface area contributed by atoms with E-state index < -0.39 is 8.32 Å². The van der Waals surface area contributed by atoms with Gasteiger partial charge < -0.3 is 8.99 Å². The van der Waals surface area contributed by atoms with Gasteiger partial charge in [0.25, 0.3) is 0 Å². The maximum Gasteiger partial charge on any atom is 0.319 e. The second-order valence-electron chi connectivity index (χ2n) is 8.80. The molecule has 3 nitrogen and oxygen atoms in total. The van der Waals surface area contributed by atoms with Crippen LogP contribution in [0.25, 0.3) is 11.3 Å². The molecule has 31 heavy (non-hydrogen) atoms. The third-order valence-electron chi connectivity index (χ3n) is 5.66. The Balaban J connectivity index is 1.80. The van der Waals surface area contributed by atoms with Gasteiger partial charge in [-0.3, -0.25) is 0 Å². The fraction of sp³-hybridized carbons (Fsp3) is 0.192. The minimum atomic E-state index is -2.61. The first-order valence-electron chi connectivity index (χ1n) is 10.4. The Morgan fingerprint density at radius 3 is 1.74 bits per heavy atom. The maximum absolute atomic E-state index is 7.07. The highest BCUT2D eigenvalue weighted by atomic mass is 127. The normalized spacial score (nSPS) is 12.0. The first-order chi connectivity index (χ1) is 14.8. The predicted molar refractivity (Wildman–Crippen MR) is 140 cm³/mol. The highest BCUT2D eigenvalue weighted by Gasteiger charge is 2.52. The zero-order chi connectivity index (χ0) is 22.1. The number of aromatic nitrogens is 2. The van der Waals surface area contributed by atoms with Crippen molar-refractivity contribution >= 4 is 41.3 Å². The summed E-state index contributed by atoms with van der Waals surface area (Å²) in [6.45, 7) is 6.89. The molecule has 4 rings (SSSR count). The third kappa shape index (κ3) is 4.21. The second-order valence-corrected chi connectivity index (χ2v) is 14.0. The number of aryl methyl sites for hydroxylation is 1. The fourth-order valence-electron chi connectivity index (χ4n) is 4.10. The average molecular weight is 539 g/mol. The number of halogens is 1. The van der Waals surface area contributed by atoms with Crippen molar-refractivity contribution in [3.05, 3.63) is 95.0 Å². The molecule has 0 bridgehead atoms. The first kappa shape index (κ1) is 21.8. The van der Waals surface area contributed by atoms with Crippen molar-refractivity contribution < 1.29 is 4.43 Å². The Kier molecular flexibility index (Phi) is 6.08. The van der Waals surface area contributed by atoms with Gasteiger partial charge in [0.15, 0.2) is 3.83 Å². The van der Waals surface area contributed by atoms with Crippen molar-refractivity contribution in [1.82, 2.24) is 9.55 Å². The van der Waals surface area contributed by atoms with E-state index in [1.54, 1.807) is 0 Å². The number of hydrogen-bond donors (Lipinski definition) is 0. The molecule has 4 aromatic rings. The molecular weight excluding hydrogens is 511 g/mol. The van der Waals surface area contributed by atoms with Gasteiger partial charge in [0.2, 0.25) is 0 Å². The molecule has 0 spiro atoms. The van der Waals surface area contributed by atoms with Gasteiger partial charge in [0.1, 0.15) is 5.75 Å². The predicted octanol–water partition coefficient (Wildman–Crippen LogP) is 5.63.